The van der Waals surface area contributed by atoms with E-state index in [4.69, 9.17) is 0 Å². The minimum atomic E-state index is -4.74. The van der Waals surface area contributed by atoms with Crippen molar-refractivity contribution >= 4 is 20.8 Å². The van der Waals surface area contributed by atoms with Gasteiger partial charge in [-0.15, -0.1) is 5.10 Å². The molecule has 1 fully saturated rings. The summed E-state index contributed by atoms with van der Waals surface area (Å²) in [7, 11) is -2.73. The second-order valence-corrected chi connectivity index (χ2v) is 9.19. The molecule has 0 bridgehead atoms. The summed E-state index contributed by atoms with van der Waals surface area (Å²) in [6, 6.07) is 11.7. The number of aromatic nitrogens is 3. The zero-order valence-corrected chi connectivity index (χ0v) is 16.8. The molecule has 0 radical (unpaired) electrons. The minimum absolute atomic E-state index is 0.0875. The molecule has 0 spiro atoms. The van der Waals surface area contributed by atoms with Crippen molar-refractivity contribution in [3.8, 4) is 0 Å². The Bertz CT molecular complexity index is 1260. The van der Waals surface area contributed by atoms with Gasteiger partial charge in [-0.25, -0.2) is 17.9 Å². The third kappa shape index (κ3) is 3.52. The van der Waals surface area contributed by atoms with Gasteiger partial charge in [-0.3, -0.25) is 4.57 Å². The van der Waals surface area contributed by atoms with Crippen LogP contribution in [0.15, 0.2) is 52.2 Å². The minimum Gasteiger partial charge on any atom is -0.274 e. The fourth-order valence-corrected chi connectivity index (χ4v) is 5.25. The van der Waals surface area contributed by atoms with Crippen molar-refractivity contribution in [2.24, 2.45) is 7.05 Å². The molecule has 2 aromatic carbocycles. The van der Waals surface area contributed by atoms with Gasteiger partial charge in [-0.1, -0.05) is 30.3 Å². The van der Waals surface area contributed by atoms with Crippen LogP contribution >= 0.6 is 0 Å². The van der Waals surface area contributed by atoms with Gasteiger partial charge in [0.05, 0.1) is 10.9 Å². The second-order valence-electron chi connectivity index (χ2n) is 7.25. The predicted octanol–water partition coefficient (Wildman–Crippen LogP) is 2.78. The van der Waals surface area contributed by atoms with Crippen molar-refractivity contribution < 1.29 is 21.6 Å². The van der Waals surface area contributed by atoms with E-state index in [1.807, 2.05) is 24.3 Å². The fraction of sp³-hybridized carbons (Fsp3) is 0.368. The summed E-state index contributed by atoms with van der Waals surface area (Å²) >= 11 is 0. The number of piperidine rings is 1. The summed E-state index contributed by atoms with van der Waals surface area (Å²) in [6.07, 6.45) is -4.35. The first-order chi connectivity index (χ1) is 14.1. The number of sulfonamides is 1. The standard InChI is InChI=1S/C19H19F3N4O3S/c1-24-17(19(20,21)22)23-26(18(24)27)15-8-10-25(11-9-15)30(28,29)16-7-6-13-4-2-3-5-14(13)12-16/h2-7,12,15H,8-11H2,1H3. The zero-order chi connectivity index (χ0) is 21.7. The van der Waals surface area contributed by atoms with Gasteiger partial charge in [-0.05, 0) is 35.7 Å². The number of nitrogens with zero attached hydrogens (tertiary/aromatic N) is 4. The lowest BCUT2D eigenvalue weighted by molar-refractivity contribution is -0.147. The van der Waals surface area contributed by atoms with Crippen LogP contribution < -0.4 is 5.69 Å². The Morgan fingerprint density at radius 3 is 2.27 bits per heavy atom. The van der Waals surface area contributed by atoms with E-state index >= 15 is 0 Å². The monoisotopic (exact) mass is 440 g/mol. The van der Waals surface area contributed by atoms with Gasteiger partial charge in [0.25, 0.3) is 0 Å². The van der Waals surface area contributed by atoms with Crippen LogP contribution in [0.1, 0.15) is 24.7 Å². The van der Waals surface area contributed by atoms with E-state index in [2.05, 4.69) is 5.10 Å². The molecule has 11 heteroatoms. The molecule has 1 aliphatic heterocycles. The van der Waals surface area contributed by atoms with Crippen molar-refractivity contribution in [2.75, 3.05) is 13.1 Å². The van der Waals surface area contributed by atoms with Crippen molar-refractivity contribution in [1.82, 2.24) is 18.7 Å². The molecule has 0 saturated carbocycles. The number of fused-ring (bicyclic) bond motifs is 1. The second kappa shape index (κ2) is 7.24. The molecule has 0 aliphatic carbocycles. The fourth-order valence-electron chi connectivity index (χ4n) is 3.74. The van der Waals surface area contributed by atoms with E-state index < -0.39 is 33.8 Å². The van der Waals surface area contributed by atoms with E-state index in [1.165, 1.54) is 4.31 Å². The quantitative estimate of drug-likeness (QED) is 0.628. The lowest BCUT2D eigenvalue weighted by Crippen LogP contribution is -2.41. The van der Waals surface area contributed by atoms with Gasteiger partial charge in [0.15, 0.2) is 0 Å². The smallest absolute Gasteiger partial charge is 0.274 e. The molecule has 30 heavy (non-hydrogen) atoms. The highest BCUT2D eigenvalue weighted by Gasteiger charge is 2.39. The van der Waals surface area contributed by atoms with E-state index in [0.29, 0.717) is 4.57 Å². The summed E-state index contributed by atoms with van der Waals surface area (Å²) < 4.78 is 67.6. The Labute approximate surface area is 170 Å². The van der Waals surface area contributed by atoms with Gasteiger partial charge in [-0.2, -0.15) is 17.5 Å². The van der Waals surface area contributed by atoms with Crippen molar-refractivity contribution in [1.29, 1.82) is 0 Å². The van der Waals surface area contributed by atoms with Crippen molar-refractivity contribution in [2.45, 2.75) is 30.0 Å². The summed E-state index contributed by atoms with van der Waals surface area (Å²) in [5.74, 6) is -1.27. The summed E-state index contributed by atoms with van der Waals surface area (Å²) in [6.45, 7) is 0.175. The Hall–Kier alpha value is -2.66. The highest BCUT2D eigenvalue weighted by atomic mass is 32.2. The first-order valence-electron chi connectivity index (χ1n) is 9.31. The van der Waals surface area contributed by atoms with Crippen LogP contribution in [0.5, 0.6) is 0 Å². The molecule has 2 heterocycles. The Kier molecular flexibility index (Phi) is 4.97. The molecule has 1 aromatic heterocycles. The third-order valence-corrected chi connectivity index (χ3v) is 7.28. The molecule has 160 valence electrons. The third-order valence-electron chi connectivity index (χ3n) is 5.38. The first kappa shape index (κ1) is 20.6. The van der Waals surface area contributed by atoms with Crippen LogP contribution in [0.3, 0.4) is 0 Å². The maximum Gasteiger partial charge on any atom is 0.451 e. The number of halogens is 3. The molecular formula is C19H19F3N4O3S. The molecule has 1 aliphatic rings. The molecule has 0 amide bonds. The molecule has 4 rings (SSSR count). The molecule has 0 atom stereocenters. The van der Waals surface area contributed by atoms with Crippen LogP contribution in [0.25, 0.3) is 10.8 Å². The molecular weight excluding hydrogens is 421 g/mol. The Morgan fingerprint density at radius 2 is 1.67 bits per heavy atom. The number of hydrogen-bond acceptors (Lipinski definition) is 4. The number of hydrogen-bond donors (Lipinski definition) is 0. The van der Waals surface area contributed by atoms with Crippen LogP contribution in [0.2, 0.25) is 0 Å². The van der Waals surface area contributed by atoms with Crippen LogP contribution in [0, 0.1) is 0 Å². The average molecular weight is 440 g/mol. The van der Waals surface area contributed by atoms with E-state index in [9.17, 15) is 26.4 Å². The average Bonchev–Trinajstić information content (AvgIpc) is 3.03. The van der Waals surface area contributed by atoms with E-state index in [0.717, 1.165) is 22.5 Å². The molecule has 1 saturated heterocycles. The molecule has 0 N–H and O–H groups in total. The maximum atomic E-state index is 13.0. The normalized spacial score (nSPS) is 16.9. The SMILES string of the molecule is Cn1c(C(F)(F)F)nn(C2CCN(S(=O)(=O)c3ccc4ccccc4c3)CC2)c1=O. The summed E-state index contributed by atoms with van der Waals surface area (Å²) in [5.41, 5.74) is -0.863. The number of rotatable bonds is 3. The maximum absolute atomic E-state index is 13.0. The molecule has 0 unspecified atom stereocenters. The van der Waals surface area contributed by atoms with E-state index in [-0.39, 0.29) is 30.8 Å². The number of alkyl halides is 3. The largest absolute Gasteiger partial charge is 0.451 e. The highest BCUT2D eigenvalue weighted by molar-refractivity contribution is 7.89. The highest BCUT2D eigenvalue weighted by Crippen LogP contribution is 2.30. The Balaban J connectivity index is 1.55. The lowest BCUT2D eigenvalue weighted by Gasteiger charge is -2.30. The lowest BCUT2D eigenvalue weighted by atomic mass is 10.1. The van der Waals surface area contributed by atoms with Gasteiger partial charge >= 0.3 is 11.9 Å². The van der Waals surface area contributed by atoms with Crippen molar-refractivity contribution in [3.63, 3.8) is 0 Å². The summed E-state index contributed by atoms with van der Waals surface area (Å²) in [5, 5.41) is 5.18. The zero-order valence-electron chi connectivity index (χ0n) is 16.0. The van der Waals surface area contributed by atoms with E-state index in [1.54, 1.807) is 18.2 Å². The van der Waals surface area contributed by atoms with Crippen molar-refractivity contribution in [3.05, 3.63) is 58.8 Å². The van der Waals surface area contributed by atoms with Crippen LogP contribution in [-0.4, -0.2) is 40.2 Å². The first-order valence-corrected chi connectivity index (χ1v) is 10.7. The van der Waals surface area contributed by atoms with Gasteiger partial charge in [0.1, 0.15) is 0 Å². The van der Waals surface area contributed by atoms with Crippen LogP contribution in [0.4, 0.5) is 13.2 Å². The molecule has 7 nitrogen and oxygen atoms in total. The van der Waals surface area contributed by atoms with Crippen LogP contribution in [-0.2, 0) is 23.2 Å². The van der Waals surface area contributed by atoms with Gasteiger partial charge in [0.2, 0.25) is 15.8 Å². The van der Waals surface area contributed by atoms with Gasteiger partial charge in [0, 0.05) is 20.1 Å². The number of benzene rings is 2. The van der Waals surface area contributed by atoms with Gasteiger partial charge < -0.3 is 0 Å². The summed E-state index contributed by atoms with van der Waals surface area (Å²) in [4.78, 5) is 12.4. The topological polar surface area (TPSA) is 77.2 Å². The predicted molar refractivity (Wildman–Crippen MR) is 103 cm³/mol. The Morgan fingerprint density at radius 1 is 1.03 bits per heavy atom. The molecule has 3 aromatic rings.